The molecule has 0 aliphatic carbocycles. The van der Waals surface area contributed by atoms with E-state index >= 15 is 0 Å². The zero-order valence-electron chi connectivity index (χ0n) is 12.7. The van der Waals surface area contributed by atoms with E-state index < -0.39 is 0 Å². The van der Waals surface area contributed by atoms with Crippen molar-refractivity contribution in [3.8, 4) is 0 Å². The van der Waals surface area contributed by atoms with E-state index in [0.717, 1.165) is 25.9 Å². The summed E-state index contributed by atoms with van der Waals surface area (Å²) in [5, 5.41) is 0. The first-order valence-electron chi connectivity index (χ1n) is 8.01. The second-order valence-electron chi connectivity index (χ2n) is 5.27. The molecule has 110 valence electrons. The summed E-state index contributed by atoms with van der Waals surface area (Å²) in [5.74, 6) is 0.515. The topological polar surface area (TPSA) is 9.23 Å². The van der Waals surface area contributed by atoms with Gasteiger partial charge in [-0.05, 0) is 25.2 Å². The minimum atomic E-state index is -0.0791. The van der Waals surface area contributed by atoms with E-state index in [2.05, 4.69) is 20.8 Å². The minimum absolute atomic E-state index is 0.0791. The molecule has 0 bridgehead atoms. The molecule has 1 unspecified atom stereocenters. The summed E-state index contributed by atoms with van der Waals surface area (Å²) < 4.78 is 5.70. The predicted octanol–water partition coefficient (Wildman–Crippen LogP) is 6.14. The van der Waals surface area contributed by atoms with E-state index in [4.69, 9.17) is 16.3 Å². The fraction of sp³-hybridized carbons (Fsp3) is 1.00. The summed E-state index contributed by atoms with van der Waals surface area (Å²) in [6, 6.07) is 0. The molecule has 0 N–H and O–H groups in total. The number of hydrogen-bond donors (Lipinski definition) is 0. The molecule has 1 atom stereocenters. The summed E-state index contributed by atoms with van der Waals surface area (Å²) in [7, 11) is 0. The highest BCUT2D eigenvalue weighted by Gasteiger charge is 2.15. The highest BCUT2D eigenvalue weighted by atomic mass is 35.5. The average molecular weight is 277 g/mol. The van der Waals surface area contributed by atoms with Gasteiger partial charge in [-0.2, -0.15) is 0 Å². The lowest BCUT2D eigenvalue weighted by Gasteiger charge is -2.19. The van der Waals surface area contributed by atoms with Crippen LogP contribution in [0.1, 0.15) is 85.0 Å². The highest BCUT2D eigenvalue weighted by Crippen LogP contribution is 2.20. The van der Waals surface area contributed by atoms with E-state index in [1.54, 1.807) is 0 Å². The zero-order chi connectivity index (χ0) is 13.6. The molecule has 2 heteroatoms. The van der Waals surface area contributed by atoms with Gasteiger partial charge >= 0.3 is 0 Å². The monoisotopic (exact) mass is 276 g/mol. The molecule has 0 fully saturated rings. The lowest BCUT2D eigenvalue weighted by Crippen LogP contribution is -2.17. The molecule has 0 aromatic carbocycles. The van der Waals surface area contributed by atoms with E-state index in [1.165, 1.54) is 44.9 Å². The average Bonchev–Trinajstić information content (AvgIpc) is 2.38. The van der Waals surface area contributed by atoms with Crippen LogP contribution in [-0.2, 0) is 4.74 Å². The Labute approximate surface area is 120 Å². The standard InChI is InChI=1S/C16H33ClO/c1-4-7-8-9-10-11-12-13-14-18-16(17)15(5-2)6-3/h15-16H,4-14H2,1-3H3. The van der Waals surface area contributed by atoms with Crippen molar-refractivity contribution in [3.05, 3.63) is 0 Å². The second kappa shape index (κ2) is 13.7. The number of halogens is 1. The van der Waals surface area contributed by atoms with Crippen LogP contribution in [0.2, 0.25) is 0 Å². The summed E-state index contributed by atoms with van der Waals surface area (Å²) in [6.07, 6.45) is 13.0. The van der Waals surface area contributed by atoms with Gasteiger partial charge in [-0.1, -0.05) is 77.3 Å². The Morgan fingerprint density at radius 2 is 1.28 bits per heavy atom. The largest absolute Gasteiger partial charge is 0.362 e. The molecule has 0 rings (SSSR count). The van der Waals surface area contributed by atoms with Gasteiger partial charge in [0.05, 0.1) is 0 Å². The van der Waals surface area contributed by atoms with Gasteiger partial charge in [0.15, 0.2) is 0 Å². The fourth-order valence-electron chi connectivity index (χ4n) is 2.23. The maximum Gasteiger partial charge on any atom is 0.133 e. The third-order valence-electron chi connectivity index (χ3n) is 3.69. The first-order valence-corrected chi connectivity index (χ1v) is 8.45. The van der Waals surface area contributed by atoms with E-state index in [0.29, 0.717) is 5.92 Å². The molecule has 1 nitrogen and oxygen atoms in total. The molecule has 0 spiro atoms. The van der Waals surface area contributed by atoms with Gasteiger partial charge in [0.25, 0.3) is 0 Å². The molecular formula is C16H33ClO. The molecule has 0 saturated carbocycles. The Bertz CT molecular complexity index is 157. The summed E-state index contributed by atoms with van der Waals surface area (Å²) in [6.45, 7) is 7.46. The molecule has 0 aromatic heterocycles. The maximum absolute atomic E-state index is 6.22. The number of ether oxygens (including phenoxy) is 1. The lowest BCUT2D eigenvalue weighted by molar-refractivity contribution is 0.0622. The van der Waals surface area contributed by atoms with Crippen LogP contribution in [-0.4, -0.2) is 12.2 Å². The quantitative estimate of drug-likeness (QED) is 0.290. The molecule has 0 aromatic rings. The molecule has 0 saturated heterocycles. The summed E-state index contributed by atoms with van der Waals surface area (Å²) >= 11 is 6.22. The molecule has 0 aliphatic rings. The van der Waals surface area contributed by atoms with Gasteiger partial charge in [-0.25, -0.2) is 0 Å². The van der Waals surface area contributed by atoms with E-state index in [1.807, 2.05) is 0 Å². The van der Waals surface area contributed by atoms with Crippen LogP contribution in [0.5, 0.6) is 0 Å². The van der Waals surface area contributed by atoms with Crippen LogP contribution in [0.25, 0.3) is 0 Å². The zero-order valence-corrected chi connectivity index (χ0v) is 13.5. The fourth-order valence-corrected chi connectivity index (χ4v) is 2.67. The Morgan fingerprint density at radius 3 is 1.78 bits per heavy atom. The van der Waals surface area contributed by atoms with Gasteiger partial charge in [0.2, 0.25) is 0 Å². The molecule has 18 heavy (non-hydrogen) atoms. The van der Waals surface area contributed by atoms with Crippen LogP contribution >= 0.6 is 11.6 Å². The van der Waals surface area contributed by atoms with Crippen LogP contribution in [0, 0.1) is 5.92 Å². The lowest BCUT2D eigenvalue weighted by atomic mass is 10.1. The van der Waals surface area contributed by atoms with Crippen molar-refractivity contribution in [1.29, 1.82) is 0 Å². The van der Waals surface area contributed by atoms with Gasteiger partial charge in [0.1, 0.15) is 5.56 Å². The Morgan fingerprint density at radius 1 is 0.778 bits per heavy atom. The Hall–Kier alpha value is 0.250. The molecule has 0 amide bonds. The minimum Gasteiger partial charge on any atom is -0.362 e. The first kappa shape index (κ1) is 18.2. The van der Waals surface area contributed by atoms with Gasteiger partial charge < -0.3 is 4.74 Å². The van der Waals surface area contributed by atoms with Crippen LogP contribution in [0.15, 0.2) is 0 Å². The summed E-state index contributed by atoms with van der Waals surface area (Å²) in [4.78, 5) is 0. The van der Waals surface area contributed by atoms with E-state index in [-0.39, 0.29) is 5.56 Å². The number of rotatable bonds is 13. The molecule has 0 aliphatic heterocycles. The van der Waals surface area contributed by atoms with Gasteiger partial charge in [-0.15, -0.1) is 0 Å². The number of alkyl halides is 1. The number of hydrogen-bond acceptors (Lipinski definition) is 1. The second-order valence-corrected chi connectivity index (χ2v) is 5.70. The normalized spacial score (nSPS) is 13.2. The predicted molar refractivity (Wildman–Crippen MR) is 82.3 cm³/mol. The van der Waals surface area contributed by atoms with Gasteiger partial charge in [-0.3, -0.25) is 0 Å². The smallest absolute Gasteiger partial charge is 0.133 e. The highest BCUT2D eigenvalue weighted by molar-refractivity contribution is 6.19. The van der Waals surface area contributed by atoms with E-state index in [9.17, 15) is 0 Å². The summed E-state index contributed by atoms with van der Waals surface area (Å²) in [5.41, 5.74) is -0.0791. The van der Waals surface area contributed by atoms with Crippen molar-refractivity contribution >= 4 is 11.6 Å². The Balaban J connectivity index is 3.24. The van der Waals surface area contributed by atoms with Crippen LogP contribution in [0.4, 0.5) is 0 Å². The van der Waals surface area contributed by atoms with Crippen molar-refractivity contribution < 1.29 is 4.74 Å². The number of unbranched alkanes of at least 4 members (excludes halogenated alkanes) is 7. The van der Waals surface area contributed by atoms with Crippen molar-refractivity contribution in [2.24, 2.45) is 5.92 Å². The van der Waals surface area contributed by atoms with Crippen LogP contribution < -0.4 is 0 Å². The van der Waals surface area contributed by atoms with Crippen molar-refractivity contribution in [3.63, 3.8) is 0 Å². The molecule has 0 heterocycles. The molecular weight excluding hydrogens is 244 g/mol. The van der Waals surface area contributed by atoms with Crippen molar-refractivity contribution in [1.82, 2.24) is 0 Å². The first-order chi connectivity index (χ1) is 8.76. The third-order valence-corrected chi connectivity index (χ3v) is 4.18. The van der Waals surface area contributed by atoms with Gasteiger partial charge in [0, 0.05) is 6.61 Å². The van der Waals surface area contributed by atoms with Crippen molar-refractivity contribution in [2.45, 2.75) is 90.5 Å². The maximum atomic E-state index is 6.22. The van der Waals surface area contributed by atoms with Crippen LogP contribution in [0.3, 0.4) is 0 Å². The molecule has 0 radical (unpaired) electrons. The SMILES string of the molecule is CCCCCCCCCCOC(Cl)C(CC)CC. The third kappa shape index (κ3) is 10.2. The van der Waals surface area contributed by atoms with Crippen molar-refractivity contribution in [2.75, 3.05) is 6.61 Å². The Kier molecular flexibility index (Phi) is 13.9.